The van der Waals surface area contributed by atoms with E-state index in [1.807, 2.05) is 0 Å². The molecule has 7 nitrogen and oxygen atoms in total. The highest BCUT2D eigenvalue weighted by atomic mass is 16.5. The van der Waals surface area contributed by atoms with E-state index in [0.717, 1.165) is 0 Å². The van der Waals surface area contributed by atoms with Crippen LogP contribution in [-0.4, -0.2) is 43.2 Å². The van der Waals surface area contributed by atoms with Crippen molar-refractivity contribution in [3.05, 3.63) is 46.9 Å². The number of carboxylic acids is 1. The number of rotatable bonds is 6. The van der Waals surface area contributed by atoms with Gasteiger partial charge in [-0.3, -0.25) is 4.79 Å². The molecule has 0 fully saturated rings. The Bertz CT molecular complexity index is 764. The number of ether oxygens (including phenoxy) is 2. The number of carbonyl (C=O) groups excluding carboxylic acids is 1. The lowest BCUT2D eigenvalue weighted by atomic mass is 10.1. The second-order valence-electron chi connectivity index (χ2n) is 5.22. The molecular formula is C17H19NO6. The van der Waals surface area contributed by atoms with Crippen molar-refractivity contribution in [2.24, 2.45) is 0 Å². The second kappa shape index (κ2) is 7.08. The third-order valence-corrected chi connectivity index (χ3v) is 3.57. The minimum absolute atomic E-state index is 0.0944. The number of nitrogens with zero attached hydrogens (tertiary/aromatic N) is 1. The third-order valence-electron chi connectivity index (χ3n) is 3.57. The van der Waals surface area contributed by atoms with Gasteiger partial charge < -0.3 is 23.9 Å². The summed E-state index contributed by atoms with van der Waals surface area (Å²) < 4.78 is 15.7. The van der Waals surface area contributed by atoms with Crippen LogP contribution < -0.4 is 9.47 Å². The Morgan fingerprint density at radius 1 is 1.17 bits per heavy atom. The van der Waals surface area contributed by atoms with Gasteiger partial charge in [-0.1, -0.05) is 0 Å². The summed E-state index contributed by atoms with van der Waals surface area (Å²) in [6.07, 6.45) is 0. The fraction of sp³-hybridized carbons (Fsp3) is 0.294. The Morgan fingerprint density at radius 3 is 2.38 bits per heavy atom. The molecule has 1 amide bonds. The minimum atomic E-state index is -1.06. The topological polar surface area (TPSA) is 89.2 Å². The summed E-state index contributed by atoms with van der Waals surface area (Å²) in [5.41, 5.74) is 0.522. The van der Waals surface area contributed by atoms with E-state index in [1.165, 1.54) is 25.2 Å². The molecule has 0 atom stereocenters. The average Bonchev–Trinajstić information content (AvgIpc) is 2.93. The van der Waals surface area contributed by atoms with Crippen LogP contribution in [0, 0.1) is 6.92 Å². The van der Waals surface area contributed by atoms with Crippen molar-refractivity contribution >= 4 is 11.9 Å². The van der Waals surface area contributed by atoms with Crippen molar-refractivity contribution < 1.29 is 28.6 Å². The monoisotopic (exact) mass is 333 g/mol. The first-order valence-corrected chi connectivity index (χ1v) is 7.17. The molecule has 7 heteroatoms. The van der Waals surface area contributed by atoms with E-state index in [1.54, 1.807) is 32.2 Å². The van der Waals surface area contributed by atoms with Gasteiger partial charge in [0.25, 0.3) is 5.91 Å². The van der Waals surface area contributed by atoms with Gasteiger partial charge in [-0.15, -0.1) is 0 Å². The molecule has 0 unspecified atom stereocenters. The van der Waals surface area contributed by atoms with Gasteiger partial charge in [0.15, 0.2) is 11.5 Å². The predicted octanol–water partition coefficient (Wildman–Crippen LogP) is 2.58. The van der Waals surface area contributed by atoms with Crippen LogP contribution in [0.25, 0.3) is 0 Å². The maximum atomic E-state index is 12.5. The van der Waals surface area contributed by atoms with Crippen molar-refractivity contribution in [1.29, 1.82) is 0 Å². The van der Waals surface area contributed by atoms with Crippen LogP contribution in [0.1, 0.15) is 32.2 Å². The Kier molecular flexibility index (Phi) is 5.13. The van der Waals surface area contributed by atoms with Crippen molar-refractivity contribution in [3.8, 4) is 11.5 Å². The Balaban J connectivity index is 2.17. The SMILES string of the molecule is COc1ccc(C(=O)N(C)Cc2cc(C(=O)O)c(C)o2)cc1OC. The standard InChI is InChI=1S/C17H19NO6/c1-10-13(17(20)21)8-12(24-10)9-18(2)16(19)11-5-6-14(22-3)15(7-11)23-4/h5-8H,9H2,1-4H3,(H,20,21). The summed E-state index contributed by atoms with van der Waals surface area (Å²) in [6, 6.07) is 6.31. The summed E-state index contributed by atoms with van der Waals surface area (Å²) in [7, 11) is 4.62. The number of furan rings is 1. The molecule has 1 N–H and O–H groups in total. The zero-order valence-corrected chi connectivity index (χ0v) is 14.0. The van der Waals surface area contributed by atoms with Crippen LogP contribution in [0.2, 0.25) is 0 Å². The summed E-state index contributed by atoms with van der Waals surface area (Å²) in [5, 5.41) is 9.04. The summed E-state index contributed by atoms with van der Waals surface area (Å²) >= 11 is 0. The quantitative estimate of drug-likeness (QED) is 0.874. The van der Waals surface area contributed by atoms with Crippen molar-refractivity contribution in [1.82, 2.24) is 4.90 Å². The lowest BCUT2D eigenvalue weighted by Crippen LogP contribution is -2.26. The van der Waals surface area contributed by atoms with Crippen molar-refractivity contribution in [2.45, 2.75) is 13.5 Å². The van der Waals surface area contributed by atoms with Crippen LogP contribution in [0.4, 0.5) is 0 Å². The Morgan fingerprint density at radius 2 is 1.83 bits per heavy atom. The average molecular weight is 333 g/mol. The molecule has 2 aromatic rings. The van der Waals surface area contributed by atoms with Crippen LogP contribution in [0.5, 0.6) is 11.5 Å². The molecular weight excluding hydrogens is 314 g/mol. The van der Waals surface area contributed by atoms with E-state index in [9.17, 15) is 9.59 Å². The maximum absolute atomic E-state index is 12.5. The Hall–Kier alpha value is -2.96. The molecule has 0 aliphatic heterocycles. The number of methoxy groups -OCH3 is 2. The van der Waals surface area contributed by atoms with E-state index in [2.05, 4.69) is 0 Å². The first-order chi connectivity index (χ1) is 11.4. The van der Waals surface area contributed by atoms with E-state index in [-0.39, 0.29) is 18.0 Å². The molecule has 24 heavy (non-hydrogen) atoms. The van der Waals surface area contributed by atoms with Crippen LogP contribution in [0.3, 0.4) is 0 Å². The first-order valence-electron chi connectivity index (χ1n) is 7.17. The third kappa shape index (κ3) is 3.51. The summed E-state index contributed by atoms with van der Waals surface area (Å²) in [5.74, 6) is 0.396. The molecule has 2 rings (SSSR count). The predicted molar refractivity (Wildman–Crippen MR) is 85.7 cm³/mol. The fourth-order valence-corrected chi connectivity index (χ4v) is 2.33. The van der Waals surface area contributed by atoms with Gasteiger partial charge in [0.2, 0.25) is 0 Å². The smallest absolute Gasteiger partial charge is 0.339 e. The highest BCUT2D eigenvalue weighted by Crippen LogP contribution is 2.28. The van der Waals surface area contributed by atoms with E-state index >= 15 is 0 Å². The van der Waals surface area contributed by atoms with Gasteiger partial charge in [0, 0.05) is 12.6 Å². The van der Waals surface area contributed by atoms with Gasteiger partial charge in [0.1, 0.15) is 17.1 Å². The van der Waals surface area contributed by atoms with Gasteiger partial charge in [-0.25, -0.2) is 4.79 Å². The van der Waals surface area contributed by atoms with Crippen LogP contribution in [0.15, 0.2) is 28.7 Å². The number of carbonyl (C=O) groups is 2. The van der Waals surface area contributed by atoms with Gasteiger partial charge >= 0.3 is 5.97 Å². The van der Waals surface area contributed by atoms with Gasteiger partial charge in [-0.2, -0.15) is 0 Å². The Labute approximate surface area is 139 Å². The normalized spacial score (nSPS) is 10.3. The van der Waals surface area contributed by atoms with E-state index < -0.39 is 5.97 Å². The summed E-state index contributed by atoms with van der Waals surface area (Å²) in [4.78, 5) is 25.0. The fourth-order valence-electron chi connectivity index (χ4n) is 2.33. The van der Waals surface area contributed by atoms with Crippen molar-refractivity contribution in [3.63, 3.8) is 0 Å². The molecule has 0 saturated heterocycles. The molecule has 0 spiro atoms. The lowest BCUT2D eigenvalue weighted by molar-refractivity contribution is 0.0694. The number of benzene rings is 1. The van der Waals surface area contributed by atoms with Crippen LogP contribution >= 0.6 is 0 Å². The van der Waals surface area contributed by atoms with Gasteiger partial charge in [0.05, 0.1) is 20.8 Å². The first kappa shape index (κ1) is 17.4. The zero-order valence-electron chi connectivity index (χ0n) is 14.0. The molecule has 1 aromatic carbocycles. The van der Waals surface area contributed by atoms with E-state index in [4.69, 9.17) is 19.0 Å². The molecule has 1 heterocycles. The zero-order chi connectivity index (χ0) is 17.9. The molecule has 128 valence electrons. The molecule has 0 radical (unpaired) electrons. The maximum Gasteiger partial charge on any atom is 0.339 e. The number of hydrogen-bond donors (Lipinski definition) is 1. The highest BCUT2D eigenvalue weighted by Gasteiger charge is 2.19. The highest BCUT2D eigenvalue weighted by molar-refractivity contribution is 5.94. The molecule has 1 aromatic heterocycles. The number of hydrogen-bond acceptors (Lipinski definition) is 5. The molecule has 0 bridgehead atoms. The number of aryl methyl sites for hydroxylation is 1. The second-order valence-corrected chi connectivity index (χ2v) is 5.22. The largest absolute Gasteiger partial charge is 0.493 e. The van der Waals surface area contributed by atoms with E-state index in [0.29, 0.717) is 28.6 Å². The van der Waals surface area contributed by atoms with Crippen molar-refractivity contribution in [2.75, 3.05) is 21.3 Å². The number of amides is 1. The number of carboxylic acid groups (broad SMARTS) is 1. The lowest BCUT2D eigenvalue weighted by Gasteiger charge is -2.17. The number of aromatic carboxylic acids is 1. The summed E-state index contributed by atoms with van der Waals surface area (Å²) in [6.45, 7) is 1.73. The molecule has 0 aliphatic rings. The van der Waals surface area contributed by atoms with Crippen LogP contribution in [-0.2, 0) is 6.54 Å². The minimum Gasteiger partial charge on any atom is -0.493 e. The van der Waals surface area contributed by atoms with Gasteiger partial charge in [-0.05, 0) is 31.2 Å². The molecule has 0 saturated carbocycles. The molecule has 0 aliphatic carbocycles.